The molecule has 0 radical (unpaired) electrons. The molecular weight excluding hydrogens is 178 g/mol. The van der Waals surface area contributed by atoms with Crippen molar-refractivity contribution in [1.29, 1.82) is 0 Å². The highest BCUT2D eigenvalue weighted by Gasteiger charge is 2.25. The average Bonchev–Trinajstić information content (AvgIpc) is 2.05. The van der Waals surface area contributed by atoms with Gasteiger partial charge >= 0.3 is 0 Å². The van der Waals surface area contributed by atoms with E-state index in [1.54, 1.807) is 0 Å². The molecular formula is C11H15NS. The van der Waals surface area contributed by atoms with Gasteiger partial charge in [0.2, 0.25) is 0 Å². The fraction of sp³-hybridized carbons (Fsp3) is 0.455. The Hall–Kier alpha value is -0.630. The number of hydrogen-bond donors (Lipinski definition) is 1. The topological polar surface area (TPSA) is 12.0 Å². The number of rotatable bonds is 0. The monoisotopic (exact) mass is 193 g/mol. The van der Waals surface area contributed by atoms with Gasteiger partial charge in [0, 0.05) is 21.9 Å². The van der Waals surface area contributed by atoms with Gasteiger partial charge in [0.15, 0.2) is 0 Å². The summed E-state index contributed by atoms with van der Waals surface area (Å²) in [6.45, 7) is 7.72. The van der Waals surface area contributed by atoms with Gasteiger partial charge in [-0.25, -0.2) is 0 Å². The maximum atomic E-state index is 3.47. The first kappa shape index (κ1) is 8.95. The molecule has 0 saturated carbocycles. The molecule has 0 atom stereocenters. The van der Waals surface area contributed by atoms with Gasteiger partial charge in [-0.05, 0) is 38.5 Å². The second kappa shape index (κ2) is 2.95. The molecule has 0 aromatic heterocycles. The Labute approximate surface area is 83.9 Å². The van der Waals surface area contributed by atoms with Crippen LogP contribution in [-0.2, 0) is 0 Å². The third-order valence-corrected chi connectivity index (χ3v) is 3.50. The lowest BCUT2D eigenvalue weighted by molar-refractivity contribution is 0.739. The van der Waals surface area contributed by atoms with E-state index in [1.807, 2.05) is 11.8 Å². The van der Waals surface area contributed by atoms with Crippen LogP contribution in [0.25, 0.3) is 0 Å². The molecule has 0 fully saturated rings. The second-order valence-corrected chi connectivity index (χ2v) is 5.96. The van der Waals surface area contributed by atoms with E-state index >= 15 is 0 Å². The standard InChI is InChI=1S/C11H15NS/c1-8-4-5-10-9(6-8)12-7-11(2,3)13-10/h4-6,12H,7H2,1-3H3. The molecule has 70 valence electrons. The van der Waals surface area contributed by atoms with Crippen molar-refractivity contribution in [3.05, 3.63) is 23.8 Å². The van der Waals surface area contributed by atoms with Crippen molar-refractivity contribution in [1.82, 2.24) is 0 Å². The Morgan fingerprint density at radius 2 is 2.15 bits per heavy atom. The minimum atomic E-state index is 0.322. The van der Waals surface area contributed by atoms with Gasteiger partial charge in [0.05, 0.1) is 0 Å². The Kier molecular flexibility index (Phi) is 2.03. The largest absolute Gasteiger partial charge is 0.383 e. The van der Waals surface area contributed by atoms with Crippen LogP contribution in [0.4, 0.5) is 5.69 Å². The molecule has 13 heavy (non-hydrogen) atoms. The summed E-state index contributed by atoms with van der Waals surface area (Å²) in [5.41, 5.74) is 2.62. The number of hydrogen-bond acceptors (Lipinski definition) is 2. The Morgan fingerprint density at radius 3 is 2.92 bits per heavy atom. The summed E-state index contributed by atoms with van der Waals surface area (Å²) in [5.74, 6) is 0. The lowest BCUT2D eigenvalue weighted by Crippen LogP contribution is -2.29. The highest BCUT2D eigenvalue weighted by Crippen LogP contribution is 2.41. The van der Waals surface area contributed by atoms with Gasteiger partial charge in [-0.2, -0.15) is 0 Å². The summed E-state index contributed by atoms with van der Waals surface area (Å²) in [7, 11) is 0. The zero-order valence-corrected chi connectivity index (χ0v) is 9.16. The van der Waals surface area contributed by atoms with Crippen molar-refractivity contribution < 1.29 is 0 Å². The summed E-state index contributed by atoms with van der Waals surface area (Å²) in [6.07, 6.45) is 0. The van der Waals surface area contributed by atoms with Crippen molar-refractivity contribution in [3.8, 4) is 0 Å². The fourth-order valence-electron chi connectivity index (χ4n) is 1.51. The first-order valence-electron chi connectivity index (χ1n) is 4.60. The molecule has 1 aromatic rings. The van der Waals surface area contributed by atoms with Crippen LogP contribution in [0, 0.1) is 6.92 Å². The van der Waals surface area contributed by atoms with Crippen LogP contribution in [0.1, 0.15) is 19.4 Å². The fourth-order valence-corrected chi connectivity index (χ4v) is 2.63. The number of aryl methyl sites for hydroxylation is 1. The Morgan fingerprint density at radius 1 is 1.38 bits per heavy atom. The Balaban J connectivity index is 2.37. The zero-order chi connectivity index (χ0) is 9.47. The van der Waals surface area contributed by atoms with Gasteiger partial charge in [-0.1, -0.05) is 6.07 Å². The van der Waals surface area contributed by atoms with Gasteiger partial charge in [-0.15, -0.1) is 11.8 Å². The van der Waals surface area contributed by atoms with E-state index in [1.165, 1.54) is 16.1 Å². The van der Waals surface area contributed by atoms with Crippen LogP contribution >= 0.6 is 11.8 Å². The van der Waals surface area contributed by atoms with Crippen LogP contribution < -0.4 is 5.32 Å². The predicted octanol–water partition coefficient (Wildman–Crippen LogP) is 3.29. The highest BCUT2D eigenvalue weighted by atomic mass is 32.2. The van der Waals surface area contributed by atoms with Crippen molar-refractivity contribution >= 4 is 17.4 Å². The predicted molar refractivity (Wildman–Crippen MR) is 59.6 cm³/mol. The summed E-state index contributed by atoms with van der Waals surface area (Å²) >= 11 is 1.96. The van der Waals surface area contributed by atoms with E-state index < -0.39 is 0 Å². The van der Waals surface area contributed by atoms with E-state index in [0.29, 0.717) is 4.75 Å². The van der Waals surface area contributed by atoms with Crippen molar-refractivity contribution in [2.24, 2.45) is 0 Å². The highest BCUT2D eigenvalue weighted by molar-refractivity contribution is 8.00. The maximum absolute atomic E-state index is 3.47. The van der Waals surface area contributed by atoms with Crippen molar-refractivity contribution in [2.45, 2.75) is 30.4 Å². The molecule has 1 aliphatic rings. The molecule has 0 saturated heterocycles. The molecule has 1 aliphatic heterocycles. The molecule has 2 rings (SSSR count). The molecule has 1 nitrogen and oxygen atoms in total. The normalized spacial score (nSPS) is 19.0. The zero-order valence-electron chi connectivity index (χ0n) is 8.35. The van der Waals surface area contributed by atoms with Gasteiger partial charge in [0.25, 0.3) is 0 Å². The number of thioether (sulfide) groups is 1. The summed E-state index contributed by atoms with van der Waals surface area (Å²) < 4.78 is 0.322. The number of benzene rings is 1. The molecule has 1 aromatic carbocycles. The second-order valence-electron chi connectivity index (χ2n) is 4.21. The van der Waals surface area contributed by atoms with Crippen LogP contribution in [0.5, 0.6) is 0 Å². The molecule has 0 amide bonds. The molecule has 0 unspecified atom stereocenters. The maximum Gasteiger partial charge on any atom is 0.0481 e. The Bertz CT molecular complexity index is 331. The smallest absolute Gasteiger partial charge is 0.0481 e. The van der Waals surface area contributed by atoms with Crippen LogP contribution in [0.2, 0.25) is 0 Å². The van der Waals surface area contributed by atoms with E-state index in [4.69, 9.17) is 0 Å². The summed E-state index contributed by atoms with van der Waals surface area (Å²) in [5, 5.41) is 3.47. The summed E-state index contributed by atoms with van der Waals surface area (Å²) in [6, 6.07) is 6.61. The van der Waals surface area contributed by atoms with E-state index in [-0.39, 0.29) is 0 Å². The molecule has 0 aliphatic carbocycles. The van der Waals surface area contributed by atoms with Crippen molar-refractivity contribution in [3.63, 3.8) is 0 Å². The molecule has 1 N–H and O–H groups in total. The van der Waals surface area contributed by atoms with Gasteiger partial charge < -0.3 is 5.32 Å². The van der Waals surface area contributed by atoms with E-state index in [0.717, 1.165) is 6.54 Å². The van der Waals surface area contributed by atoms with Crippen LogP contribution in [0.3, 0.4) is 0 Å². The summed E-state index contributed by atoms with van der Waals surface area (Å²) in [4.78, 5) is 1.38. The molecule has 0 bridgehead atoms. The van der Waals surface area contributed by atoms with Crippen LogP contribution in [0.15, 0.2) is 23.1 Å². The third-order valence-electron chi connectivity index (χ3n) is 2.23. The number of fused-ring (bicyclic) bond motifs is 1. The van der Waals surface area contributed by atoms with Gasteiger partial charge in [0.1, 0.15) is 0 Å². The van der Waals surface area contributed by atoms with Crippen LogP contribution in [-0.4, -0.2) is 11.3 Å². The quantitative estimate of drug-likeness (QED) is 0.678. The lowest BCUT2D eigenvalue weighted by Gasteiger charge is -2.31. The SMILES string of the molecule is Cc1ccc2c(c1)NCC(C)(C)S2. The molecule has 2 heteroatoms. The minimum Gasteiger partial charge on any atom is -0.383 e. The first-order valence-corrected chi connectivity index (χ1v) is 5.42. The number of anilines is 1. The number of nitrogens with one attached hydrogen (secondary N) is 1. The minimum absolute atomic E-state index is 0.322. The molecule has 1 heterocycles. The van der Waals surface area contributed by atoms with Crippen molar-refractivity contribution in [2.75, 3.05) is 11.9 Å². The first-order chi connectivity index (χ1) is 6.07. The van der Waals surface area contributed by atoms with E-state index in [9.17, 15) is 0 Å². The average molecular weight is 193 g/mol. The van der Waals surface area contributed by atoms with Gasteiger partial charge in [-0.3, -0.25) is 0 Å². The molecule has 0 spiro atoms. The third kappa shape index (κ3) is 1.83. The van der Waals surface area contributed by atoms with E-state index in [2.05, 4.69) is 44.3 Å². The lowest BCUT2D eigenvalue weighted by atomic mass is 10.1.